The van der Waals surface area contributed by atoms with Crippen LogP contribution in [0.2, 0.25) is 0 Å². The van der Waals surface area contributed by atoms with Crippen molar-refractivity contribution in [2.24, 2.45) is 5.92 Å². The predicted molar refractivity (Wildman–Crippen MR) is 58.7 cm³/mol. The van der Waals surface area contributed by atoms with Crippen molar-refractivity contribution in [3.05, 3.63) is 5.01 Å². The summed E-state index contributed by atoms with van der Waals surface area (Å²) in [6, 6.07) is 0. The van der Waals surface area contributed by atoms with Gasteiger partial charge in [-0.3, -0.25) is 4.79 Å². The third-order valence-corrected chi connectivity index (χ3v) is 2.84. The van der Waals surface area contributed by atoms with E-state index in [1.54, 1.807) is 7.11 Å². The maximum Gasteiger partial charge on any atom is 0.229 e. The van der Waals surface area contributed by atoms with Crippen LogP contribution in [0.1, 0.15) is 25.3 Å². The molecule has 0 aliphatic carbocycles. The van der Waals surface area contributed by atoms with E-state index in [1.807, 2.05) is 13.8 Å². The minimum Gasteiger partial charge on any atom is -0.377 e. The van der Waals surface area contributed by atoms with E-state index in [0.29, 0.717) is 11.7 Å². The van der Waals surface area contributed by atoms with Gasteiger partial charge in [0.05, 0.1) is 0 Å². The van der Waals surface area contributed by atoms with Gasteiger partial charge in [-0.2, -0.15) is 0 Å². The fourth-order valence-corrected chi connectivity index (χ4v) is 1.61. The molecule has 0 spiro atoms. The van der Waals surface area contributed by atoms with E-state index in [0.717, 1.165) is 11.4 Å². The van der Waals surface area contributed by atoms with Crippen LogP contribution in [-0.2, 0) is 16.1 Å². The van der Waals surface area contributed by atoms with E-state index in [4.69, 9.17) is 4.74 Å². The standard InChI is InChI=1S/C9H15N3O2S/c1-4-6(2)8(13)10-9-12-11-7(15-9)5-14-3/h6H,4-5H2,1-3H3,(H,10,12,13)/t6-/m0/s1. The van der Waals surface area contributed by atoms with Crippen LogP contribution in [0.3, 0.4) is 0 Å². The lowest BCUT2D eigenvalue weighted by Gasteiger charge is -2.05. The zero-order valence-electron chi connectivity index (χ0n) is 9.11. The van der Waals surface area contributed by atoms with Crippen LogP contribution in [0.5, 0.6) is 0 Å². The van der Waals surface area contributed by atoms with Gasteiger partial charge in [0.2, 0.25) is 11.0 Å². The first-order valence-corrected chi connectivity index (χ1v) is 5.61. The van der Waals surface area contributed by atoms with Crippen LogP contribution in [0, 0.1) is 5.92 Å². The smallest absolute Gasteiger partial charge is 0.229 e. The number of carbonyl (C=O) groups is 1. The van der Waals surface area contributed by atoms with Gasteiger partial charge in [0.25, 0.3) is 0 Å². The van der Waals surface area contributed by atoms with E-state index in [2.05, 4.69) is 15.5 Å². The average molecular weight is 229 g/mol. The van der Waals surface area contributed by atoms with E-state index < -0.39 is 0 Å². The number of hydrogen-bond acceptors (Lipinski definition) is 5. The van der Waals surface area contributed by atoms with Crippen LogP contribution >= 0.6 is 11.3 Å². The summed E-state index contributed by atoms with van der Waals surface area (Å²) in [5.41, 5.74) is 0. The lowest BCUT2D eigenvalue weighted by atomic mass is 10.1. The molecule has 5 nitrogen and oxygen atoms in total. The molecule has 0 fully saturated rings. The number of hydrogen-bond donors (Lipinski definition) is 1. The minimum absolute atomic E-state index is 0.000208. The van der Waals surface area contributed by atoms with Crippen LogP contribution < -0.4 is 5.32 Å². The van der Waals surface area contributed by atoms with E-state index in [9.17, 15) is 4.79 Å². The molecule has 0 aromatic carbocycles. The lowest BCUT2D eigenvalue weighted by Crippen LogP contribution is -2.19. The lowest BCUT2D eigenvalue weighted by molar-refractivity contribution is -0.119. The Morgan fingerprint density at radius 3 is 2.93 bits per heavy atom. The third kappa shape index (κ3) is 3.56. The van der Waals surface area contributed by atoms with Crippen molar-refractivity contribution in [1.29, 1.82) is 0 Å². The Morgan fingerprint density at radius 1 is 1.60 bits per heavy atom. The Balaban J connectivity index is 2.53. The van der Waals surface area contributed by atoms with Gasteiger partial charge in [-0.05, 0) is 6.42 Å². The fourth-order valence-electron chi connectivity index (χ4n) is 0.900. The Bertz CT molecular complexity index is 327. The molecule has 84 valence electrons. The van der Waals surface area contributed by atoms with Gasteiger partial charge in [0, 0.05) is 13.0 Å². The molecule has 1 atom stereocenters. The van der Waals surface area contributed by atoms with Crippen LogP contribution in [0.25, 0.3) is 0 Å². The summed E-state index contributed by atoms with van der Waals surface area (Å²) >= 11 is 1.33. The second-order valence-electron chi connectivity index (χ2n) is 3.23. The first-order chi connectivity index (χ1) is 7.17. The Kier molecular flexibility index (Phi) is 4.64. The number of methoxy groups -OCH3 is 1. The highest BCUT2D eigenvalue weighted by molar-refractivity contribution is 7.15. The summed E-state index contributed by atoms with van der Waals surface area (Å²) in [6.07, 6.45) is 0.815. The molecule has 0 aliphatic rings. The molecule has 6 heteroatoms. The van der Waals surface area contributed by atoms with Crippen molar-refractivity contribution >= 4 is 22.4 Å². The van der Waals surface area contributed by atoms with Gasteiger partial charge in [-0.15, -0.1) is 10.2 Å². The fraction of sp³-hybridized carbons (Fsp3) is 0.667. The molecular formula is C9H15N3O2S. The Hall–Kier alpha value is -1.01. The number of amides is 1. The van der Waals surface area contributed by atoms with Crippen molar-refractivity contribution in [1.82, 2.24) is 10.2 Å². The summed E-state index contributed by atoms with van der Waals surface area (Å²) < 4.78 is 4.91. The quantitative estimate of drug-likeness (QED) is 0.834. The van der Waals surface area contributed by atoms with E-state index >= 15 is 0 Å². The molecule has 0 saturated carbocycles. The number of aromatic nitrogens is 2. The first-order valence-electron chi connectivity index (χ1n) is 4.79. The van der Waals surface area contributed by atoms with Crippen molar-refractivity contribution in [3.8, 4) is 0 Å². The number of nitrogens with one attached hydrogen (secondary N) is 1. The molecule has 1 heterocycles. The topological polar surface area (TPSA) is 64.1 Å². The van der Waals surface area contributed by atoms with Gasteiger partial charge >= 0.3 is 0 Å². The van der Waals surface area contributed by atoms with Gasteiger partial charge in [0.1, 0.15) is 11.6 Å². The predicted octanol–water partition coefficient (Wildman–Crippen LogP) is 1.67. The molecule has 1 N–H and O–H groups in total. The molecule has 1 aromatic heterocycles. The maximum absolute atomic E-state index is 11.5. The highest BCUT2D eigenvalue weighted by atomic mass is 32.1. The highest BCUT2D eigenvalue weighted by Crippen LogP contribution is 2.16. The number of ether oxygens (including phenoxy) is 1. The summed E-state index contributed by atoms with van der Waals surface area (Å²) in [5.74, 6) is -0.0163. The van der Waals surface area contributed by atoms with Crippen LogP contribution in [-0.4, -0.2) is 23.2 Å². The second-order valence-corrected chi connectivity index (χ2v) is 4.29. The zero-order valence-corrected chi connectivity index (χ0v) is 9.93. The summed E-state index contributed by atoms with van der Waals surface area (Å²) in [4.78, 5) is 11.5. The molecule has 0 bridgehead atoms. The Morgan fingerprint density at radius 2 is 2.33 bits per heavy atom. The molecule has 15 heavy (non-hydrogen) atoms. The largest absolute Gasteiger partial charge is 0.377 e. The number of anilines is 1. The van der Waals surface area contributed by atoms with Crippen LogP contribution in [0.15, 0.2) is 0 Å². The highest BCUT2D eigenvalue weighted by Gasteiger charge is 2.13. The second kappa shape index (κ2) is 5.77. The zero-order chi connectivity index (χ0) is 11.3. The third-order valence-electron chi connectivity index (χ3n) is 2.02. The summed E-state index contributed by atoms with van der Waals surface area (Å²) in [5, 5.41) is 11.7. The first kappa shape index (κ1) is 12.1. The van der Waals surface area contributed by atoms with E-state index in [1.165, 1.54) is 11.3 Å². The molecule has 1 amide bonds. The number of nitrogens with zero attached hydrogens (tertiary/aromatic N) is 2. The van der Waals surface area contributed by atoms with Crippen molar-refractivity contribution < 1.29 is 9.53 Å². The summed E-state index contributed by atoms with van der Waals surface area (Å²) in [7, 11) is 1.60. The molecule has 0 unspecified atom stereocenters. The minimum atomic E-state index is -0.0161. The molecule has 0 aliphatic heterocycles. The Labute approximate surface area is 92.9 Å². The normalized spacial score (nSPS) is 12.5. The van der Waals surface area contributed by atoms with Crippen molar-refractivity contribution in [3.63, 3.8) is 0 Å². The number of carbonyl (C=O) groups excluding carboxylic acids is 1. The monoisotopic (exact) mass is 229 g/mol. The van der Waals surface area contributed by atoms with Crippen molar-refractivity contribution in [2.75, 3.05) is 12.4 Å². The van der Waals surface area contributed by atoms with Gasteiger partial charge in [-0.1, -0.05) is 25.2 Å². The average Bonchev–Trinajstić information content (AvgIpc) is 2.65. The molecule has 0 saturated heterocycles. The van der Waals surface area contributed by atoms with Crippen LogP contribution in [0.4, 0.5) is 5.13 Å². The number of rotatable bonds is 5. The molecule has 1 aromatic rings. The van der Waals surface area contributed by atoms with Gasteiger partial charge in [0.15, 0.2) is 0 Å². The van der Waals surface area contributed by atoms with Gasteiger partial charge in [-0.25, -0.2) is 0 Å². The molecule has 1 rings (SSSR count). The van der Waals surface area contributed by atoms with Gasteiger partial charge < -0.3 is 10.1 Å². The maximum atomic E-state index is 11.5. The van der Waals surface area contributed by atoms with Crippen molar-refractivity contribution in [2.45, 2.75) is 26.9 Å². The molecular weight excluding hydrogens is 214 g/mol. The SMILES string of the molecule is CC[C@H](C)C(=O)Nc1nnc(COC)s1. The summed E-state index contributed by atoms with van der Waals surface area (Å²) in [6.45, 7) is 4.28. The van der Waals surface area contributed by atoms with E-state index in [-0.39, 0.29) is 11.8 Å². The molecule has 0 radical (unpaired) electrons.